The largest absolute Gasteiger partial charge is 0.350 e. The number of thiophene rings is 1. The van der Waals surface area contributed by atoms with Crippen molar-refractivity contribution in [1.29, 1.82) is 0 Å². The zero-order chi connectivity index (χ0) is 16.4. The van der Waals surface area contributed by atoms with Gasteiger partial charge in [0.15, 0.2) is 5.65 Å². The zero-order valence-corrected chi connectivity index (χ0v) is 14.1. The average Bonchev–Trinajstić information content (AvgIpc) is 3.35. The van der Waals surface area contributed by atoms with Gasteiger partial charge in [0.2, 0.25) is 0 Å². The lowest BCUT2D eigenvalue weighted by molar-refractivity contribution is 0.0939. The third kappa shape index (κ3) is 2.92. The van der Waals surface area contributed by atoms with Crippen LogP contribution in [0, 0.1) is 0 Å². The summed E-state index contributed by atoms with van der Waals surface area (Å²) in [5.74, 6) is -0.102. The lowest BCUT2D eigenvalue weighted by atomic mass is 10.2. The van der Waals surface area contributed by atoms with Gasteiger partial charge in [-0.3, -0.25) is 9.69 Å². The first-order chi connectivity index (χ1) is 11.8. The van der Waals surface area contributed by atoms with Crippen molar-refractivity contribution in [1.82, 2.24) is 24.8 Å². The van der Waals surface area contributed by atoms with Gasteiger partial charge in [-0.25, -0.2) is 9.50 Å². The third-order valence-electron chi connectivity index (χ3n) is 4.46. The highest BCUT2D eigenvalue weighted by Gasteiger charge is 2.25. The van der Waals surface area contributed by atoms with Gasteiger partial charge in [0, 0.05) is 17.6 Å². The number of nitrogens with one attached hydrogen (secondary N) is 1. The average molecular weight is 341 g/mol. The molecule has 6 nitrogen and oxygen atoms in total. The second kappa shape index (κ2) is 6.70. The van der Waals surface area contributed by atoms with Crippen LogP contribution in [0.25, 0.3) is 5.65 Å². The predicted octanol–water partition coefficient (Wildman–Crippen LogP) is 2.36. The molecule has 1 N–H and O–H groups in total. The molecule has 0 saturated carbocycles. The number of fused-ring (bicyclic) bond motifs is 1. The summed E-state index contributed by atoms with van der Waals surface area (Å²) < 4.78 is 1.62. The molecule has 1 fully saturated rings. The molecule has 0 radical (unpaired) electrons. The van der Waals surface area contributed by atoms with E-state index in [4.69, 9.17) is 0 Å². The number of likely N-dealkylation sites (tertiary alicyclic amines) is 1. The highest BCUT2D eigenvalue weighted by atomic mass is 32.1. The van der Waals surface area contributed by atoms with Crippen molar-refractivity contribution in [3.8, 4) is 0 Å². The number of carbonyl (C=O) groups is 1. The summed E-state index contributed by atoms with van der Waals surface area (Å²) in [5, 5.41) is 9.27. The Hall–Kier alpha value is -2.25. The quantitative estimate of drug-likeness (QED) is 0.774. The third-order valence-corrected chi connectivity index (χ3v) is 5.43. The Labute approximate surface area is 144 Å². The van der Waals surface area contributed by atoms with Crippen molar-refractivity contribution in [2.75, 3.05) is 19.6 Å². The first-order valence-electron chi connectivity index (χ1n) is 8.17. The predicted molar refractivity (Wildman–Crippen MR) is 93.2 cm³/mol. The lowest BCUT2D eigenvalue weighted by Crippen LogP contribution is -2.36. The highest BCUT2D eigenvalue weighted by Crippen LogP contribution is 2.27. The van der Waals surface area contributed by atoms with Gasteiger partial charge in [-0.15, -0.1) is 11.3 Å². The second-order valence-corrected chi connectivity index (χ2v) is 6.91. The molecule has 1 saturated heterocycles. The summed E-state index contributed by atoms with van der Waals surface area (Å²) in [5.41, 5.74) is 1.14. The highest BCUT2D eigenvalue weighted by molar-refractivity contribution is 7.10. The number of rotatable bonds is 5. The van der Waals surface area contributed by atoms with Crippen LogP contribution in [0.1, 0.15) is 34.1 Å². The summed E-state index contributed by atoms with van der Waals surface area (Å²) in [6.07, 6.45) is 5.71. The van der Waals surface area contributed by atoms with Crippen LogP contribution in [0.15, 0.2) is 42.2 Å². The van der Waals surface area contributed by atoms with Crippen molar-refractivity contribution >= 4 is 22.9 Å². The van der Waals surface area contributed by atoms with Gasteiger partial charge < -0.3 is 5.32 Å². The minimum absolute atomic E-state index is 0.102. The van der Waals surface area contributed by atoms with Crippen LogP contribution in [0.2, 0.25) is 0 Å². The maximum atomic E-state index is 12.6. The fourth-order valence-electron chi connectivity index (χ4n) is 3.25. The van der Waals surface area contributed by atoms with E-state index in [-0.39, 0.29) is 11.9 Å². The van der Waals surface area contributed by atoms with Crippen LogP contribution in [-0.2, 0) is 0 Å². The van der Waals surface area contributed by atoms with Gasteiger partial charge in [0.05, 0.1) is 11.6 Å². The van der Waals surface area contributed by atoms with E-state index < -0.39 is 0 Å². The maximum Gasteiger partial charge on any atom is 0.255 e. The van der Waals surface area contributed by atoms with E-state index in [1.54, 1.807) is 28.1 Å². The Morgan fingerprint density at radius 3 is 2.96 bits per heavy atom. The molecule has 1 unspecified atom stereocenters. The van der Waals surface area contributed by atoms with Crippen LogP contribution in [0.4, 0.5) is 0 Å². The van der Waals surface area contributed by atoms with Crippen LogP contribution in [-0.4, -0.2) is 45.0 Å². The lowest BCUT2D eigenvalue weighted by Gasteiger charge is -2.26. The zero-order valence-electron chi connectivity index (χ0n) is 13.3. The van der Waals surface area contributed by atoms with E-state index >= 15 is 0 Å². The Balaban J connectivity index is 1.51. The number of nitrogens with zero attached hydrogens (tertiary/aromatic N) is 4. The number of aromatic nitrogens is 3. The first kappa shape index (κ1) is 15.3. The molecule has 1 aliphatic heterocycles. The molecule has 24 heavy (non-hydrogen) atoms. The van der Waals surface area contributed by atoms with Crippen molar-refractivity contribution in [3.63, 3.8) is 0 Å². The Morgan fingerprint density at radius 2 is 2.17 bits per heavy atom. The smallest absolute Gasteiger partial charge is 0.255 e. The number of hydrogen-bond donors (Lipinski definition) is 1. The molecule has 1 amide bonds. The van der Waals surface area contributed by atoms with Gasteiger partial charge in [-0.1, -0.05) is 6.07 Å². The summed E-state index contributed by atoms with van der Waals surface area (Å²) in [6, 6.07) is 8.07. The number of pyridine rings is 1. The molecule has 7 heteroatoms. The SMILES string of the molecule is O=C(NCC(c1cccs1)N1CCCC1)c1cccn2ncnc12. The van der Waals surface area contributed by atoms with Gasteiger partial charge in [0.25, 0.3) is 5.91 Å². The minimum Gasteiger partial charge on any atom is -0.350 e. The normalized spacial score (nSPS) is 16.5. The Bertz CT molecular complexity index is 823. The van der Waals surface area contributed by atoms with E-state index in [2.05, 4.69) is 37.8 Å². The monoisotopic (exact) mass is 341 g/mol. The fourth-order valence-corrected chi connectivity index (χ4v) is 4.11. The van der Waals surface area contributed by atoms with E-state index in [1.807, 2.05) is 6.07 Å². The van der Waals surface area contributed by atoms with Crippen molar-refractivity contribution < 1.29 is 4.79 Å². The van der Waals surface area contributed by atoms with E-state index in [0.717, 1.165) is 13.1 Å². The molecular formula is C17H19N5OS. The molecule has 124 valence electrons. The number of amides is 1. The molecule has 1 atom stereocenters. The molecule has 3 aromatic rings. The molecule has 0 aromatic carbocycles. The van der Waals surface area contributed by atoms with E-state index in [1.165, 1.54) is 24.0 Å². The molecule has 0 aliphatic carbocycles. The molecule has 4 rings (SSSR count). The summed E-state index contributed by atoms with van der Waals surface area (Å²) in [7, 11) is 0. The minimum atomic E-state index is -0.102. The summed E-state index contributed by atoms with van der Waals surface area (Å²) in [4.78, 5) is 20.6. The summed E-state index contributed by atoms with van der Waals surface area (Å²) in [6.45, 7) is 2.80. The van der Waals surface area contributed by atoms with E-state index in [0.29, 0.717) is 17.8 Å². The standard InChI is InChI=1S/C17H19N5OS/c23-17(13-5-3-9-22-16(13)19-12-20-22)18-11-14(15-6-4-10-24-15)21-7-1-2-8-21/h3-6,9-10,12,14H,1-2,7-8,11H2,(H,18,23). The molecule has 4 heterocycles. The molecule has 3 aromatic heterocycles. The summed E-state index contributed by atoms with van der Waals surface area (Å²) >= 11 is 1.75. The van der Waals surface area contributed by atoms with Gasteiger partial charge >= 0.3 is 0 Å². The van der Waals surface area contributed by atoms with Gasteiger partial charge in [-0.2, -0.15) is 5.10 Å². The molecule has 0 bridgehead atoms. The topological polar surface area (TPSA) is 62.5 Å². The molecular weight excluding hydrogens is 322 g/mol. The van der Waals surface area contributed by atoms with E-state index in [9.17, 15) is 4.79 Å². The van der Waals surface area contributed by atoms with Crippen molar-refractivity contribution in [3.05, 3.63) is 52.6 Å². The van der Waals surface area contributed by atoms with Crippen molar-refractivity contribution in [2.45, 2.75) is 18.9 Å². The van der Waals surface area contributed by atoms with Gasteiger partial charge in [0.1, 0.15) is 6.33 Å². The van der Waals surface area contributed by atoms with Crippen LogP contribution in [0.3, 0.4) is 0 Å². The fraction of sp³-hybridized carbons (Fsp3) is 0.353. The van der Waals surface area contributed by atoms with Crippen LogP contribution >= 0.6 is 11.3 Å². The first-order valence-corrected chi connectivity index (χ1v) is 9.05. The van der Waals surface area contributed by atoms with Crippen molar-refractivity contribution in [2.24, 2.45) is 0 Å². The Kier molecular flexibility index (Phi) is 4.27. The van der Waals surface area contributed by atoms with Crippen LogP contribution in [0.5, 0.6) is 0 Å². The molecule has 1 aliphatic rings. The molecule has 0 spiro atoms. The second-order valence-electron chi connectivity index (χ2n) is 5.93. The van der Waals surface area contributed by atoms with Crippen LogP contribution < -0.4 is 5.32 Å². The van der Waals surface area contributed by atoms with Gasteiger partial charge in [-0.05, 0) is 49.5 Å². The number of carbonyl (C=O) groups excluding carboxylic acids is 1. The Morgan fingerprint density at radius 1 is 1.29 bits per heavy atom. The number of hydrogen-bond acceptors (Lipinski definition) is 5. The maximum absolute atomic E-state index is 12.6.